The molecule has 3 fully saturated rings. The molecule has 1 N–H and O–H groups in total. The standard InChI is InChI=1S/C33H58N2O/c1-22(2)24(17-19-34(6)7)11-10-23(3)27-14-15-28-26-13-12-25-20-30(35(8)9)31(36)21-33(25,5)29(26)16-18-32(27,28)4/h11,13,22-23,25,27-31,36H,10,12,14-21H2,1-9H3. The zero-order valence-electron chi connectivity index (χ0n) is 25.2. The number of fused-ring (bicyclic) bond motifs is 5. The van der Waals surface area contributed by atoms with Crippen LogP contribution in [0.4, 0.5) is 0 Å². The van der Waals surface area contributed by atoms with Gasteiger partial charge < -0.3 is 14.9 Å². The largest absolute Gasteiger partial charge is 0.391 e. The minimum absolute atomic E-state index is 0.181. The molecule has 4 aliphatic carbocycles. The highest BCUT2D eigenvalue weighted by Gasteiger charge is 2.59. The van der Waals surface area contributed by atoms with Crippen LogP contribution in [0.5, 0.6) is 0 Å². The normalized spacial score (nSPS) is 41.8. The smallest absolute Gasteiger partial charge is 0.0700 e. The molecule has 36 heavy (non-hydrogen) atoms. The second-order valence-corrected chi connectivity index (χ2v) is 14.7. The molecule has 0 aliphatic heterocycles. The molecule has 0 radical (unpaired) electrons. The molecule has 3 heteroatoms. The first kappa shape index (κ1) is 28.4. The van der Waals surface area contributed by atoms with Crippen LogP contribution in [-0.2, 0) is 0 Å². The Morgan fingerprint density at radius 2 is 1.75 bits per heavy atom. The van der Waals surface area contributed by atoms with Gasteiger partial charge in [-0.25, -0.2) is 0 Å². The van der Waals surface area contributed by atoms with Crippen molar-refractivity contribution >= 4 is 0 Å². The quantitative estimate of drug-likeness (QED) is 0.364. The fourth-order valence-corrected chi connectivity index (χ4v) is 9.54. The van der Waals surface area contributed by atoms with Gasteiger partial charge >= 0.3 is 0 Å². The van der Waals surface area contributed by atoms with Crippen molar-refractivity contribution in [3.05, 3.63) is 23.3 Å². The van der Waals surface area contributed by atoms with Crippen molar-refractivity contribution in [2.24, 2.45) is 46.3 Å². The number of hydrogen-bond acceptors (Lipinski definition) is 3. The van der Waals surface area contributed by atoms with Gasteiger partial charge in [0.1, 0.15) is 0 Å². The Morgan fingerprint density at radius 3 is 2.39 bits per heavy atom. The third-order valence-electron chi connectivity index (χ3n) is 11.9. The zero-order chi connectivity index (χ0) is 26.4. The fraction of sp³-hybridized carbons (Fsp3) is 0.879. The Bertz CT molecular complexity index is 828. The lowest BCUT2D eigenvalue weighted by molar-refractivity contribution is -0.0821. The van der Waals surface area contributed by atoms with Gasteiger partial charge in [0.05, 0.1) is 6.10 Å². The highest BCUT2D eigenvalue weighted by molar-refractivity contribution is 5.28. The highest BCUT2D eigenvalue weighted by Crippen LogP contribution is 2.67. The van der Waals surface area contributed by atoms with Crippen LogP contribution in [0.25, 0.3) is 0 Å². The topological polar surface area (TPSA) is 26.7 Å². The van der Waals surface area contributed by atoms with Gasteiger partial charge in [-0.15, -0.1) is 0 Å². The van der Waals surface area contributed by atoms with Crippen molar-refractivity contribution in [1.29, 1.82) is 0 Å². The molecule has 0 saturated heterocycles. The highest BCUT2D eigenvalue weighted by atomic mass is 16.3. The maximum absolute atomic E-state index is 11.1. The Hall–Kier alpha value is -0.640. The molecule has 0 aromatic rings. The van der Waals surface area contributed by atoms with Crippen LogP contribution < -0.4 is 0 Å². The predicted octanol–water partition coefficient (Wildman–Crippen LogP) is 7.03. The molecule has 3 saturated carbocycles. The van der Waals surface area contributed by atoms with Gasteiger partial charge in [0.25, 0.3) is 0 Å². The molecule has 0 bridgehead atoms. The molecule has 0 heterocycles. The first-order valence-corrected chi connectivity index (χ1v) is 15.3. The van der Waals surface area contributed by atoms with Gasteiger partial charge in [-0.05, 0) is 132 Å². The van der Waals surface area contributed by atoms with Gasteiger partial charge in [0, 0.05) is 12.6 Å². The number of hydrogen-bond donors (Lipinski definition) is 1. The zero-order valence-corrected chi connectivity index (χ0v) is 25.2. The number of likely N-dealkylation sites (N-methyl/N-ethyl adjacent to an activating group) is 1. The van der Waals surface area contributed by atoms with E-state index in [0.29, 0.717) is 23.3 Å². The molecule has 9 unspecified atom stereocenters. The molecular weight excluding hydrogens is 440 g/mol. The van der Waals surface area contributed by atoms with Crippen molar-refractivity contribution in [1.82, 2.24) is 9.80 Å². The molecule has 3 nitrogen and oxygen atoms in total. The van der Waals surface area contributed by atoms with Crippen LogP contribution >= 0.6 is 0 Å². The molecule has 206 valence electrons. The van der Waals surface area contributed by atoms with Crippen LogP contribution in [0.3, 0.4) is 0 Å². The van der Waals surface area contributed by atoms with Gasteiger partial charge in [-0.3, -0.25) is 0 Å². The third-order valence-corrected chi connectivity index (χ3v) is 11.9. The summed E-state index contributed by atoms with van der Waals surface area (Å²) >= 11 is 0. The SMILES string of the molecule is CC(C)C(=CCC(C)C1CCC2C3=CCC4CC(N(C)C)C(O)CC4(C)C3CCC21C)CCN(C)C. The second-order valence-electron chi connectivity index (χ2n) is 14.7. The number of allylic oxidation sites excluding steroid dienone is 3. The molecule has 0 amide bonds. The van der Waals surface area contributed by atoms with Crippen molar-refractivity contribution in [3.63, 3.8) is 0 Å². The van der Waals surface area contributed by atoms with E-state index >= 15 is 0 Å². The lowest BCUT2D eigenvalue weighted by Crippen LogP contribution is -2.56. The molecule has 9 atom stereocenters. The van der Waals surface area contributed by atoms with Gasteiger partial charge in [-0.2, -0.15) is 0 Å². The first-order valence-electron chi connectivity index (χ1n) is 15.3. The average Bonchev–Trinajstić information content (AvgIpc) is 3.14. The molecule has 4 aliphatic rings. The van der Waals surface area contributed by atoms with E-state index in [1.807, 2.05) is 5.57 Å². The summed E-state index contributed by atoms with van der Waals surface area (Å²) in [6, 6.07) is 0.324. The summed E-state index contributed by atoms with van der Waals surface area (Å²) in [5.74, 6) is 4.44. The number of rotatable bonds is 8. The minimum atomic E-state index is -0.181. The van der Waals surface area contributed by atoms with Crippen LogP contribution in [0.15, 0.2) is 23.3 Å². The summed E-state index contributed by atoms with van der Waals surface area (Å²) in [6.07, 6.45) is 16.5. The number of aliphatic hydroxyl groups is 1. The Morgan fingerprint density at radius 1 is 1.06 bits per heavy atom. The monoisotopic (exact) mass is 498 g/mol. The molecule has 0 aromatic heterocycles. The Kier molecular flexibility index (Phi) is 8.55. The third kappa shape index (κ3) is 5.15. The predicted molar refractivity (Wildman–Crippen MR) is 154 cm³/mol. The lowest BCUT2D eigenvalue weighted by Gasteiger charge is -2.59. The Labute approximate surface area is 223 Å². The molecule has 0 aromatic carbocycles. The van der Waals surface area contributed by atoms with Crippen LogP contribution in [-0.4, -0.2) is 61.8 Å². The maximum atomic E-state index is 11.1. The Balaban J connectivity index is 1.49. The average molecular weight is 499 g/mol. The summed E-state index contributed by atoms with van der Waals surface area (Å²) in [6.45, 7) is 13.7. The van der Waals surface area contributed by atoms with E-state index in [1.165, 1.54) is 44.9 Å². The first-order chi connectivity index (χ1) is 16.9. The van der Waals surface area contributed by atoms with Crippen molar-refractivity contribution in [3.8, 4) is 0 Å². The summed E-state index contributed by atoms with van der Waals surface area (Å²) in [5, 5.41) is 11.1. The summed E-state index contributed by atoms with van der Waals surface area (Å²) in [7, 11) is 8.67. The summed E-state index contributed by atoms with van der Waals surface area (Å²) in [4.78, 5) is 4.58. The second kappa shape index (κ2) is 10.9. The van der Waals surface area contributed by atoms with E-state index in [0.717, 1.165) is 43.1 Å². The number of aliphatic hydroxyl groups excluding tert-OH is 1. The van der Waals surface area contributed by atoms with E-state index in [4.69, 9.17) is 0 Å². The van der Waals surface area contributed by atoms with Gasteiger partial charge in [0.2, 0.25) is 0 Å². The summed E-state index contributed by atoms with van der Waals surface area (Å²) in [5.41, 5.74) is 4.21. The van der Waals surface area contributed by atoms with E-state index in [-0.39, 0.29) is 11.5 Å². The van der Waals surface area contributed by atoms with Crippen molar-refractivity contribution in [2.45, 2.75) is 105 Å². The molecular formula is C33H58N2O. The molecule has 0 spiro atoms. The number of nitrogens with zero attached hydrogens (tertiary/aromatic N) is 2. The molecule has 4 rings (SSSR count). The van der Waals surface area contributed by atoms with E-state index in [1.54, 1.807) is 5.57 Å². The van der Waals surface area contributed by atoms with Crippen LogP contribution in [0, 0.1) is 46.3 Å². The summed E-state index contributed by atoms with van der Waals surface area (Å²) < 4.78 is 0. The minimum Gasteiger partial charge on any atom is -0.391 e. The fourth-order valence-electron chi connectivity index (χ4n) is 9.54. The van der Waals surface area contributed by atoms with Crippen molar-refractivity contribution in [2.75, 3.05) is 34.7 Å². The maximum Gasteiger partial charge on any atom is 0.0700 e. The van der Waals surface area contributed by atoms with E-state index in [9.17, 15) is 5.11 Å². The lowest BCUT2D eigenvalue weighted by atomic mass is 9.47. The van der Waals surface area contributed by atoms with Gasteiger partial charge in [-0.1, -0.05) is 57.9 Å². The van der Waals surface area contributed by atoms with E-state index in [2.05, 4.69) is 84.8 Å². The van der Waals surface area contributed by atoms with Crippen molar-refractivity contribution < 1.29 is 5.11 Å². The van der Waals surface area contributed by atoms with E-state index < -0.39 is 0 Å². The van der Waals surface area contributed by atoms with Crippen LogP contribution in [0.1, 0.15) is 92.4 Å². The van der Waals surface area contributed by atoms with Crippen LogP contribution in [0.2, 0.25) is 0 Å². The van der Waals surface area contributed by atoms with Gasteiger partial charge in [0.15, 0.2) is 0 Å².